The Balaban J connectivity index is 0.000001000. The molecule has 0 saturated heterocycles. The zero-order valence-corrected chi connectivity index (χ0v) is 7.88. The second-order valence-corrected chi connectivity index (χ2v) is 2.47. The van der Waals surface area contributed by atoms with E-state index in [0.29, 0.717) is 0 Å². The Labute approximate surface area is 78.2 Å². The van der Waals surface area contributed by atoms with Crippen LogP contribution in [-0.4, -0.2) is 6.54 Å². The molecule has 0 heterocycles. The first-order valence-corrected chi connectivity index (χ1v) is 3.70. The van der Waals surface area contributed by atoms with Gasteiger partial charge in [-0.2, -0.15) is 0 Å². The molecule has 0 spiro atoms. The van der Waals surface area contributed by atoms with Crippen molar-refractivity contribution in [3.63, 3.8) is 0 Å². The van der Waals surface area contributed by atoms with Crippen LogP contribution in [0.4, 0.5) is 5.69 Å². The summed E-state index contributed by atoms with van der Waals surface area (Å²) >= 11 is 5.68. The number of rotatable bonds is 2. The third kappa shape index (κ3) is 3.49. The summed E-state index contributed by atoms with van der Waals surface area (Å²) in [7, 11) is 0. The van der Waals surface area contributed by atoms with Gasteiger partial charge in [0.15, 0.2) is 0 Å². The number of benzene rings is 1. The molecule has 11 heavy (non-hydrogen) atoms. The largest absolute Gasteiger partial charge is 0.385 e. The molecule has 0 saturated carbocycles. The van der Waals surface area contributed by atoms with Gasteiger partial charge < -0.3 is 5.32 Å². The number of halogens is 2. The second kappa shape index (κ2) is 5.28. The van der Waals surface area contributed by atoms with Crippen LogP contribution in [0.3, 0.4) is 0 Å². The molecule has 0 amide bonds. The highest BCUT2D eigenvalue weighted by atomic mass is 35.5. The van der Waals surface area contributed by atoms with E-state index in [1.54, 1.807) is 0 Å². The van der Waals surface area contributed by atoms with Gasteiger partial charge in [-0.25, -0.2) is 0 Å². The van der Waals surface area contributed by atoms with Crippen molar-refractivity contribution in [2.75, 3.05) is 11.9 Å². The van der Waals surface area contributed by atoms with Crippen molar-refractivity contribution < 1.29 is 0 Å². The zero-order valence-electron chi connectivity index (χ0n) is 6.30. The molecule has 1 rings (SSSR count). The van der Waals surface area contributed by atoms with Crippen molar-refractivity contribution in [1.82, 2.24) is 0 Å². The summed E-state index contributed by atoms with van der Waals surface area (Å²) in [5, 5.41) is 3.96. The fourth-order valence-electron chi connectivity index (χ4n) is 0.772. The molecule has 1 nitrogen and oxygen atoms in total. The van der Waals surface area contributed by atoms with E-state index < -0.39 is 0 Å². The van der Waals surface area contributed by atoms with Gasteiger partial charge in [-0.3, -0.25) is 0 Å². The normalized spacial score (nSPS) is 8.55. The maximum absolute atomic E-state index is 5.68. The van der Waals surface area contributed by atoms with Crippen LogP contribution < -0.4 is 5.32 Å². The molecule has 62 valence electrons. The van der Waals surface area contributed by atoms with Crippen LogP contribution >= 0.6 is 24.0 Å². The molecule has 1 aromatic rings. The van der Waals surface area contributed by atoms with Crippen molar-refractivity contribution >= 4 is 29.7 Å². The Morgan fingerprint density at radius 3 is 2.27 bits per heavy atom. The van der Waals surface area contributed by atoms with Crippen LogP contribution in [0.1, 0.15) is 6.92 Å². The lowest BCUT2D eigenvalue weighted by molar-refractivity contribution is 1.21. The molecule has 1 aromatic carbocycles. The van der Waals surface area contributed by atoms with E-state index >= 15 is 0 Å². The first-order valence-electron chi connectivity index (χ1n) is 3.32. The predicted octanol–water partition coefficient (Wildman–Crippen LogP) is 3.19. The highest BCUT2D eigenvalue weighted by Crippen LogP contribution is 2.12. The highest BCUT2D eigenvalue weighted by Gasteiger charge is 1.87. The van der Waals surface area contributed by atoms with Crippen molar-refractivity contribution in [3.05, 3.63) is 29.3 Å². The Hall–Kier alpha value is -0.400. The summed E-state index contributed by atoms with van der Waals surface area (Å²) < 4.78 is 0. The van der Waals surface area contributed by atoms with Gasteiger partial charge in [-0.15, -0.1) is 12.4 Å². The van der Waals surface area contributed by atoms with Gasteiger partial charge in [0.05, 0.1) is 0 Å². The third-order valence-corrected chi connectivity index (χ3v) is 1.48. The summed E-state index contributed by atoms with van der Waals surface area (Å²) in [6.07, 6.45) is 0. The Bertz CT molecular complexity index is 196. The molecule has 0 aliphatic carbocycles. The molecule has 3 heteroatoms. The minimum atomic E-state index is 0. The molecule has 0 aromatic heterocycles. The molecule has 0 unspecified atom stereocenters. The van der Waals surface area contributed by atoms with Gasteiger partial charge in [-0.1, -0.05) is 11.6 Å². The van der Waals surface area contributed by atoms with Gasteiger partial charge in [-0.05, 0) is 31.2 Å². The Kier molecular flexibility index (Phi) is 5.08. The first-order chi connectivity index (χ1) is 4.83. The SMILES string of the molecule is CCNc1ccc(Cl)cc1.Cl. The second-order valence-electron chi connectivity index (χ2n) is 2.04. The van der Waals surface area contributed by atoms with Crippen molar-refractivity contribution in [1.29, 1.82) is 0 Å². The minimum Gasteiger partial charge on any atom is -0.385 e. The fourth-order valence-corrected chi connectivity index (χ4v) is 0.898. The van der Waals surface area contributed by atoms with Gasteiger partial charge >= 0.3 is 0 Å². The smallest absolute Gasteiger partial charge is 0.0407 e. The van der Waals surface area contributed by atoms with E-state index in [1.165, 1.54) is 0 Å². The molecule has 1 N–H and O–H groups in total. The van der Waals surface area contributed by atoms with Crippen LogP contribution in [-0.2, 0) is 0 Å². The van der Waals surface area contributed by atoms with Crippen LogP contribution in [0.5, 0.6) is 0 Å². The van der Waals surface area contributed by atoms with Gasteiger partial charge in [0.25, 0.3) is 0 Å². The summed E-state index contributed by atoms with van der Waals surface area (Å²) in [5.41, 5.74) is 1.12. The van der Waals surface area contributed by atoms with Crippen molar-refractivity contribution in [3.8, 4) is 0 Å². The molecular formula is C8H11Cl2N. The summed E-state index contributed by atoms with van der Waals surface area (Å²) in [5.74, 6) is 0. The lowest BCUT2D eigenvalue weighted by Crippen LogP contribution is -1.94. The molecule has 0 aliphatic heterocycles. The molecule has 0 aliphatic rings. The van der Waals surface area contributed by atoms with E-state index in [-0.39, 0.29) is 12.4 Å². The maximum atomic E-state index is 5.68. The average Bonchev–Trinajstić information content (AvgIpc) is 1.95. The van der Waals surface area contributed by atoms with Crippen LogP contribution in [0.2, 0.25) is 5.02 Å². The number of nitrogens with one attached hydrogen (secondary N) is 1. The minimum absolute atomic E-state index is 0. The van der Waals surface area contributed by atoms with Gasteiger partial charge in [0.2, 0.25) is 0 Å². The first kappa shape index (κ1) is 10.6. The van der Waals surface area contributed by atoms with E-state index in [0.717, 1.165) is 17.3 Å². The van der Waals surface area contributed by atoms with Crippen LogP contribution in [0.25, 0.3) is 0 Å². The molecule has 0 radical (unpaired) electrons. The third-order valence-electron chi connectivity index (χ3n) is 1.23. The van der Waals surface area contributed by atoms with Crippen LogP contribution in [0.15, 0.2) is 24.3 Å². The predicted molar refractivity (Wildman–Crippen MR) is 52.9 cm³/mol. The summed E-state index contributed by atoms with van der Waals surface area (Å²) in [4.78, 5) is 0. The zero-order chi connectivity index (χ0) is 7.40. The Morgan fingerprint density at radius 1 is 1.27 bits per heavy atom. The molecular weight excluding hydrogens is 181 g/mol. The number of anilines is 1. The maximum Gasteiger partial charge on any atom is 0.0407 e. The molecule has 0 bridgehead atoms. The average molecular weight is 192 g/mol. The topological polar surface area (TPSA) is 12.0 Å². The van der Waals surface area contributed by atoms with E-state index in [2.05, 4.69) is 12.2 Å². The van der Waals surface area contributed by atoms with E-state index in [4.69, 9.17) is 11.6 Å². The van der Waals surface area contributed by atoms with Gasteiger partial charge in [0, 0.05) is 17.3 Å². The highest BCUT2D eigenvalue weighted by molar-refractivity contribution is 6.30. The van der Waals surface area contributed by atoms with Crippen molar-refractivity contribution in [2.45, 2.75) is 6.92 Å². The number of hydrogen-bond donors (Lipinski definition) is 1. The monoisotopic (exact) mass is 191 g/mol. The van der Waals surface area contributed by atoms with Crippen LogP contribution in [0, 0.1) is 0 Å². The fraction of sp³-hybridized carbons (Fsp3) is 0.250. The van der Waals surface area contributed by atoms with E-state index in [1.807, 2.05) is 24.3 Å². The number of hydrogen-bond acceptors (Lipinski definition) is 1. The van der Waals surface area contributed by atoms with E-state index in [9.17, 15) is 0 Å². The standard InChI is InChI=1S/C8H10ClN.ClH/c1-2-10-8-5-3-7(9)4-6-8;/h3-6,10H,2H2,1H3;1H. The lowest BCUT2D eigenvalue weighted by atomic mass is 10.3. The van der Waals surface area contributed by atoms with Crippen molar-refractivity contribution in [2.24, 2.45) is 0 Å². The summed E-state index contributed by atoms with van der Waals surface area (Å²) in [6, 6.07) is 7.68. The van der Waals surface area contributed by atoms with Gasteiger partial charge in [0.1, 0.15) is 0 Å². The molecule has 0 fully saturated rings. The lowest BCUT2D eigenvalue weighted by Gasteiger charge is -2.00. The summed E-state index contributed by atoms with van der Waals surface area (Å²) in [6.45, 7) is 3.01. The Morgan fingerprint density at radius 2 is 1.82 bits per heavy atom. The molecule has 0 atom stereocenters. The quantitative estimate of drug-likeness (QED) is 0.758.